The molecule has 1 aromatic carbocycles. The molecule has 1 aromatic heterocycles. The van der Waals surface area contributed by atoms with E-state index in [1.54, 1.807) is 0 Å². The van der Waals surface area contributed by atoms with Crippen LogP contribution in [0, 0.1) is 0 Å². The first-order valence-corrected chi connectivity index (χ1v) is 6.97. The smallest absolute Gasteiger partial charge is 0.169 e. The molecule has 2 rings (SSSR count). The molecule has 1 atom stereocenters. The Balaban J connectivity index is 1.95. The Kier molecular flexibility index (Phi) is 4.42. The second kappa shape index (κ2) is 5.85. The van der Waals surface area contributed by atoms with Gasteiger partial charge < -0.3 is 9.73 Å². The second-order valence-corrected chi connectivity index (χ2v) is 5.56. The van der Waals surface area contributed by atoms with Gasteiger partial charge in [-0.2, -0.15) is 0 Å². The molecule has 1 heterocycles. The van der Waals surface area contributed by atoms with E-state index in [-0.39, 0.29) is 6.04 Å². The van der Waals surface area contributed by atoms with Crippen molar-refractivity contribution in [1.29, 1.82) is 0 Å². The predicted octanol–water partition coefficient (Wildman–Crippen LogP) is 4.66. The lowest BCUT2D eigenvalue weighted by Crippen LogP contribution is -2.17. The van der Waals surface area contributed by atoms with E-state index in [9.17, 15) is 0 Å². The van der Waals surface area contributed by atoms with Crippen LogP contribution in [0.4, 0.5) is 0 Å². The van der Waals surface area contributed by atoms with Gasteiger partial charge in [-0.15, -0.1) is 0 Å². The molecule has 0 aliphatic heterocycles. The summed E-state index contributed by atoms with van der Waals surface area (Å²) in [6.45, 7) is 2.86. The van der Waals surface area contributed by atoms with Gasteiger partial charge in [0.05, 0.1) is 6.54 Å². The standard InChI is InChI=1S/C13H13Br2NO/c1-9(10-3-2-4-11(14)7-10)16-8-12-5-6-13(15)17-12/h2-7,9,16H,8H2,1H3. The third kappa shape index (κ3) is 3.69. The summed E-state index contributed by atoms with van der Waals surface area (Å²) >= 11 is 6.77. The maximum atomic E-state index is 5.44. The van der Waals surface area contributed by atoms with Gasteiger partial charge in [0.25, 0.3) is 0 Å². The topological polar surface area (TPSA) is 25.2 Å². The Morgan fingerprint density at radius 1 is 1.24 bits per heavy atom. The molecule has 0 radical (unpaired) electrons. The molecule has 0 saturated carbocycles. The molecule has 0 saturated heterocycles. The van der Waals surface area contributed by atoms with Crippen molar-refractivity contribution in [2.24, 2.45) is 0 Å². The summed E-state index contributed by atoms with van der Waals surface area (Å²) in [6.07, 6.45) is 0. The number of furan rings is 1. The van der Waals surface area contributed by atoms with Crippen LogP contribution in [-0.4, -0.2) is 0 Å². The Hall–Kier alpha value is -0.580. The van der Waals surface area contributed by atoms with Crippen LogP contribution in [0.3, 0.4) is 0 Å². The average molecular weight is 359 g/mol. The first-order valence-electron chi connectivity index (χ1n) is 5.38. The van der Waals surface area contributed by atoms with Crippen molar-refractivity contribution >= 4 is 31.9 Å². The molecule has 0 bridgehead atoms. The maximum Gasteiger partial charge on any atom is 0.169 e. The van der Waals surface area contributed by atoms with Crippen LogP contribution in [0.2, 0.25) is 0 Å². The van der Waals surface area contributed by atoms with E-state index in [2.05, 4.69) is 56.2 Å². The average Bonchev–Trinajstić information content (AvgIpc) is 2.72. The minimum absolute atomic E-state index is 0.288. The molecule has 17 heavy (non-hydrogen) atoms. The molecule has 1 N–H and O–H groups in total. The van der Waals surface area contributed by atoms with Gasteiger partial charge in [-0.1, -0.05) is 28.1 Å². The number of rotatable bonds is 4. The molecule has 0 aliphatic rings. The number of hydrogen-bond donors (Lipinski definition) is 1. The fourth-order valence-corrected chi connectivity index (χ4v) is 2.35. The third-order valence-corrected chi connectivity index (χ3v) is 3.48. The maximum absolute atomic E-state index is 5.44. The van der Waals surface area contributed by atoms with E-state index in [4.69, 9.17) is 4.42 Å². The highest BCUT2D eigenvalue weighted by Crippen LogP contribution is 2.19. The van der Waals surface area contributed by atoms with Crippen LogP contribution in [0.15, 0.2) is 50.0 Å². The minimum Gasteiger partial charge on any atom is -0.453 e. The number of halogens is 2. The largest absolute Gasteiger partial charge is 0.453 e. The third-order valence-electron chi connectivity index (χ3n) is 2.56. The molecular weight excluding hydrogens is 346 g/mol. The predicted molar refractivity (Wildman–Crippen MR) is 75.8 cm³/mol. The summed E-state index contributed by atoms with van der Waals surface area (Å²) in [4.78, 5) is 0. The van der Waals surface area contributed by atoms with Gasteiger partial charge in [-0.25, -0.2) is 0 Å². The Labute approximate surface area is 118 Å². The van der Waals surface area contributed by atoms with Crippen molar-refractivity contribution in [3.8, 4) is 0 Å². The lowest BCUT2D eigenvalue weighted by Gasteiger charge is -2.13. The van der Waals surface area contributed by atoms with E-state index in [0.29, 0.717) is 0 Å². The zero-order valence-electron chi connectivity index (χ0n) is 9.41. The zero-order chi connectivity index (χ0) is 12.3. The molecule has 0 fully saturated rings. The molecule has 0 spiro atoms. The summed E-state index contributed by atoms with van der Waals surface area (Å²) in [5, 5.41) is 3.42. The van der Waals surface area contributed by atoms with Crippen molar-refractivity contribution in [3.05, 3.63) is 56.9 Å². The van der Waals surface area contributed by atoms with Crippen LogP contribution in [-0.2, 0) is 6.54 Å². The summed E-state index contributed by atoms with van der Waals surface area (Å²) in [7, 11) is 0. The van der Waals surface area contributed by atoms with Gasteiger partial charge in [0, 0.05) is 10.5 Å². The molecule has 0 amide bonds. The lowest BCUT2D eigenvalue weighted by atomic mass is 10.1. The Bertz CT molecular complexity index is 496. The molecule has 4 heteroatoms. The molecule has 0 aliphatic carbocycles. The van der Waals surface area contributed by atoms with Crippen LogP contribution in [0.25, 0.3) is 0 Å². The van der Waals surface area contributed by atoms with Crippen LogP contribution >= 0.6 is 31.9 Å². The second-order valence-electron chi connectivity index (χ2n) is 3.86. The Morgan fingerprint density at radius 3 is 2.71 bits per heavy atom. The summed E-state index contributed by atoms with van der Waals surface area (Å²) in [5.41, 5.74) is 1.25. The highest BCUT2D eigenvalue weighted by Gasteiger charge is 2.06. The van der Waals surface area contributed by atoms with Crippen molar-refractivity contribution in [2.75, 3.05) is 0 Å². The van der Waals surface area contributed by atoms with Crippen molar-refractivity contribution in [2.45, 2.75) is 19.5 Å². The van der Waals surface area contributed by atoms with E-state index in [1.807, 2.05) is 24.3 Å². The van der Waals surface area contributed by atoms with Crippen molar-refractivity contribution < 1.29 is 4.42 Å². The van der Waals surface area contributed by atoms with E-state index >= 15 is 0 Å². The first kappa shape index (κ1) is 12.9. The lowest BCUT2D eigenvalue weighted by molar-refractivity contribution is 0.447. The summed E-state index contributed by atoms with van der Waals surface area (Å²) in [6, 6.07) is 12.5. The van der Waals surface area contributed by atoms with Crippen LogP contribution in [0.5, 0.6) is 0 Å². The highest BCUT2D eigenvalue weighted by molar-refractivity contribution is 9.10. The fraction of sp³-hybridized carbons (Fsp3) is 0.231. The SMILES string of the molecule is CC(NCc1ccc(Br)o1)c1cccc(Br)c1. The van der Waals surface area contributed by atoms with Gasteiger partial charge in [0.1, 0.15) is 5.76 Å². The number of nitrogens with one attached hydrogen (secondary N) is 1. The minimum atomic E-state index is 0.288. The zero-order valence-corrected chi connectivity index (χ0v) is 12.6. The van der Waals surface area contributed by atoms with E-state index in [1.165, 1.54) is 5.56 Å². The van der Waals surface area contributed by atoms with Gasteiger partial charge in [0.15, 0.2) is 4.67 Å². The van der Waals surface area contributed by atoms with Crippen molar-refractivity contribution in [1.82, 2.24) is 5.32 Å². The van der Waals surface area contributed by atoms with Crippen LogP contribution in [0.1, 0.15) is 24.3 Å². The quantitative estimate of drug-likeness (QED) is 0.860. The molecule has 90 valence electrons. The molecule has 2 aromatic rings. The summed E-state index contributed by atoms with van der Waals surface area (Å²) in [5.74, 6) is 0.929. The van der Waals surface area contributed by atoms with Crippen LogP contribution < -0.4 is 5.32 Å². The number of benzene rings is 1. The monoisotopic (exact) mass is 357 g/mol. The van der Waals surface area contributed by atoms with Gasteiger partial charge in [0.2, 0.25) is 0 Å². The summed E-state index contributed by atoms with van der Waals surface area (Å²) < 4.78 is 7.31. The molecular formula is C13H13Br2NO. The van der Waals surface area contributed by atoms with E-state index in [0.717, 1.165) is 21.4 Å². The van der Waals surface area contributed by atoms with Gasteiger partial charge in [-0.05, 0) is 52.7 Å². The first-order chi connectivity index (χ1) is 8.15. The highest BCUT2D eigenvalue weighted by atomic mass is 79.9. The molecule has 1 unspecified atom stereocenters. The van der Waals surface area contributed by atoms with E-state index < -0.39 is 0 Å². The fourth-order valence-electron chi connectivity index (χ4n) is 1.59. The number of hydrogen-bond acceptors (Lipinski definition) is 2. The Morgan fingerprint density at radius 2 is 2.06 bits per heavy atom. The van der Waals surface area contributed by atoms with Crippen molar-refractivity contribution in [3.63, 3.8) is 0 Å². The van der Waals surface area contributed by atoms with Gasteiger partial charge >= 0.3 is 0 Å². The normalized spacial score (nSPS) is 12.6. The van der Waals surface area contributed by atoms with Gasteiger partial charge in [-0.3, -0.25) is 0 Å². The molecule has 2 nitrogen and oxygen atoms in total.